The van der Waals surface area contributed by atoms with Crippen molar-refractivity contribution in [2.24, 2.45) is 0 Å². The Morgan fingerprint density at radius 3 is 1.78 bits per heavy atom. The molecule has 0 saturated carbocycles. The molecule has 3 rings (SSSR count). The Morgan fingerprint density at radius 1 is 0.870 bits per heavy atom. The largest absolute Gasteiger partial charge is 0.384 e. The third kappa shape index (κ3) is 2.68. The highest BCUT2D eigenvalue weighted by Crippen LogP contribution is 2.56. The second-order valence-corrected chi connectivity index (χ2v) is 11.9. The number of aldehydes is 1. The summed E-state index contributed by atoms with van der Waals surface area (Å²) in [5.74, 6) is 0.434. The van der Waals surface area contributed by atoms with Crippen LogP contribution in [-0.2, 0) is 9.53 Å². The molecular formula is C20H24O2Si. The van der Waals surface area contributed by atoms with Crippen molar-refractivity contribution in [3.63, 3.8) is 0 Å². The molecule has 1 aliphatic rings. The number of rotatable bonds is 4. The number of carbonyl (C=O) groups excluding carboxylic acids is 1. The van der Waals surface area contributed by atoms with Crippen molar-refractivity contribution in [1.29, 1.82) is 0 Å². The number of carbonyl (C=O) groups is 1. The van der Waals surface area contributed by atoms with Gasteiger partial charge in [-0.3, -0.25) is 0 Å². The first-order valence-electron chi connectivity index (χ1n) is 8.19. The molecule has 0 aromatic heterocycles. The molecule has 2 nitrogen and oxygen atoms in total. The molecule has 4 atom stereocenters. The Hall–Kier alpha value is -1.71. The number of hydrogen-bond acceptors (Lipinski definition) is 2. The van der Waals surface area contributed by atoms with Crippen LogP contribution in [0.5, 0.6) is 0 Å². The average molecular weight is 324 g/mol. The van der Waals surface area contributed by atoms with E-state index in [-0.39, 0.29) is 23.1 Å². The first kappa shape index (κ1) is 16.2. The van der Waals surface area contributed by atoms with E-state index in [1.807, 2.05) is 12.1 Å². The molecule has 0 radical (unpaired) electrons. The van der Waals surface area contributed by atoms with Gasteiger partial charge in [-0.05, 0) is 11.1 Å². The van der Waals surface area contributed by atoms with E-state index < -0.39 is 8.07 Å². The molecule has 23 heavy (non-hydrogen) atoms. The van der Waals surface area contributed by atoms with E-state index in [1.165, 1.54) is 17.4 Å². The van der Waals surface area contributed by atoms with Crippen molar-refractivity contribution in [1.82, 2.24) is 0 Å². The van der Waals surface area contributed by atoms with Gasteiger partial charge >= 0.3 is 0 Å². The van der Waals surface area contributed by atoms with Gasteiger partial charge in [0.25, 0.3) is 0 Å². The van der Waals surface area contributed by atoms with Crippen molar-refractivity contribution in [2.75, 3.05) is 7.11 Å². The van der Waals surface area contributed by atoms with Crippen LogP contribution in [0.4, 0.5) is 0 Å². The summed E-state index contributed by atoms with van der Waals surface area (Å²) in [5, 5.41) is 0. The standard InChI is InChI=1S/C20H24O2Si/c1-22-20-19(16-12-8-5-9-13-16)18(15-10-6-4-7-11-15)17(14-21)23(20,2)3/h4-14,17-20H,1-3H3. The van der Waals surface area contributed by atoms with Gasteiger partial charge in [-0.2, -0.15) is 0 Å². The summed E-state index contributed by atoms with van der Waals surface area (Å²) in [6.07, 6.45) is 1.19. The quantitative estimate of drug-likeness (QED) is 0.615. The van der Waals surface area contributed by atoms with Crippen LogP contribution in [0.15, 0.2) is 60.7 Å². The van der Waals surface area contributed by atoms with Crippen LogP contribution < -0.4 is 0 Å². The maximum absolute atomic E-state index is 12.0. The normalized spacial score (nSPS) is 29.3. The number of hydrogen-bond donors (Lipinski definition) is 0. The lowest BCUT2D eigenvalue weighted by Crippen LogP contribution is -2.43. The van der Waals surface area contributed by atoms with E-state index in [1.54, 1.807) is 7.11 Å². The Labute approximate surface area is 139 Å². The van der Waals surface area contributed by atoms with Gasteiger partial charge in [-0.25, -0.2) is 0 Å². The van der Waals surface area contributed by atoms with Crippen LogP contribution in [0.1, 0.15) is 23.0 Å². The minimum atomic E-state index is -1.88. The van der Waals surface area contributed by atoms with E-state index in [0.717, 1.165) is 0 Å². The lowest BCUT2D eigenvalue weighted by Gasteiger charge is -2.29. The molecule has 1 aliphatic heterocycles. The third-order valence-electron chi connectivity index (χ3n) is 5.46. The molecule has 0 bridgehead atoms. The van der Waals surface area contributed by atoms with Crippen LogP contribution in [0.3, 0.4) is 0 Å². The molecule has 2 aromatic rings. The molecule has 0 aliphatic carbocycles. The predicted molar refractivity (Wildman–Crippen MR) is 96.5 cm³/mol. The zero-order chi connectivity index (χ0) is 16.4. The van der Waals surface area contributed by atoms with Gasteiger partial charge in [0.05, 0.1) is 13.8 Å². The lowest BCUT2D eigenvalue weighted by atomic mass is 9.80. The van der Waals surface area contributed by atoms with E-state index in [4.69, 9.17) is 4.74 Å². The van der Waals surface area contributed by atoms with Crippen molar-refractivity contribution < 1.29 is 9.53 Å². The van der Waals surface area contributed by atoms with Crippen molar-refractivity contribution in [2.45, 2.75) is 36.2 Å². The third-order valence-corrected chi connectivity index (χ3v) is 9.74. The maximum atomic E-state index is 12.0. The minimum Gasteiger partial charge on any atom is -0.384 e. The van der Waals surface area contributed by atoms with Crippen molar-refractivity contribution in [3.05, 3.63) is 71.8 Å². The van der Waals surface area contributed by atoms with Crippen molar-refractivity contribution in [3.8, 4) is 0 Å². The van der Waals surface area contributed by atoms with E-state index in [2.05, 4.69) is 61.6 Å². The second-order valence-electron chi connectivity index (χ2n) is 7.01. The summed E-state index contributed by atoms with van der Waals surface area (Å²) >= 11 is 0. The SMILES string of the molecule is COC1C(c2ccccc2)C(c2ccccc2)C(C=O)[Si]1(C)C. The smallest absolute Gasteiger partial charge is 0.121 e. The minimum absolute atomic E-state index is 0.0695. The van der Waals surface area contributed by atoms with E-state index in [0.29, 0.717) is 0 Å². The molecule has 3 heteroatoms. The van der Waals surface area contributed by atoms with Gasteiger partial charge in [0, 0.05) is 24.5 Å². The zero-order valence-corrected chi connectivity index (χ0v) is 15.0. The fraction of sp³-hybridized carbons (Fsp3) is 0.350. The van der Waals surface area contributed by atoms with Crippen molar-refractivity contribution >= 4 is 14.4 Å². The average Bonchev–Trinajstić information content (AvgIpc) is 2.82. The summed E-state index contributed by atoms with van der Waals surface area (Å²) in [4.78, 5) is 12.0. The van der Waals surface area contributed by atoms with Crippen LogP contribution in [0.2, 0.25) is 18.6 Å². The fourth-order valence-electron chi connectivity index (χ4n) is 4.38. The summed E-state index contributed by atoms with van der Waals surface area (Å²) in [5.41, 5.74) is 2.74. The predicted octanol–water partition coefficient (Wildman–Crippen LogP) is 4.40. The highest BCUT2D eigenvalue weighted by molar-refractivity contribution is 6.83. The summed E-state index contributed by atoms with van der Waals surface area (Å²) in [7, 11) is -0.0848. The fourth-order valence-corrected chi connectivity index (χ4v) is 8.37. The first-order chi connectivity index (χ1) is 11.1. The Morgan fingerprint density at radius 2 is 1.35 bits per heavy atom. The molecule has 2 aromatic carbocycles. The van der Waals surface area contributed by atoms with Gasteiger partial charge in [0.15, 0.2) is 0 Å². The Kier molecular flexibility index (Phi) is 4.51. The van der Waals surface area contributed by atoms with Crippen LogP contribution in [0.25, 0.3) is 0 Å². The van der Waals surface area contributed by atoms with E-state index >= 15 is 0 Å². The molecule has 1 fully saturated rings. The Bertz CT molecular complexity index is 654. The molecule has 0 amide bonds. The number of ether oxygens (including phenoxy) is 1. The monoisotopic (exact) mass is 324 g/mol. The van der Waals surface area contributed by atoms with Gasteiger partial charge in [0.2, 0.25) is 0 Å². The van der Waals surface area contributed by atoms with Crippen LogP contribution in [0, 0.1) is 0 Å². The summed E-state index contributed by atoms with van der Waals surface area (Å²) in [6.45, 7) is 4.58. The molecule has 120 valence electrons. The molecular weight excluding hydrogens is 300 g/mol. The highest BCUT2D eigenvalue weighted by Gasteiger charge is 2.57. The molecule has 0 spiro atoms. The lowest BCUT2D eigenvalue weighted by molar-refractivity contribution is -0.108. The molecule has 1 saturated heterocycles. The topological polar surface area (TPSA) is 26.3 Å². The highest BCUT2D eigenvalue weighted by atomic mass is 28.3. The molecule has 4 unspecified atom stereocenters. The second kappa shape index (κ2) is 6.42. The van der Waals surface area contributed by atoms with Gasteiger partial charge in [0.1, 0.15) is 6.29 Å². The van der Waals surface area contributed by atoms with Gasteiger partial charge in [-0.15, -0.1) is 0 Å². The van der Waals surface area contributed by atoms with E-state index in [9.17, 15) is 4.79 Å². The van der Waals surface area contributed by atoms with Crippen LogP contribution >= 0.6 is 0 Å². The number of benzene rings is 2. The summed E-state index contributed by atoms with van der Waals surface area (Å²) < 4.78 is 5.98. The maximum Gasteiger partial charge on any atom is 0.121 e. The first-order valence-corrected chi connectivity index (χ1v) is 11.3. The van der Waals surface area contributed by atoms with Crippen LogP contribution in [-0.4, -0.2) is 27.2 Å². The van der Waals surface area contributed by atoms with Gasteiger partial charge in [-0.1, -0.05) is 73.8 Å². The zero-order valence-electron chi connectivity index (χ0n) is 14.0. The summed E-state index contributed by atoms with van der Waals surface area (Å²) in [6, 6.07) is 21.0. The molecule has 1 heterocycles. The molecule has 0 N–H and O–H groups in total. The van der Waals surface area contributed by atoms with Gasteiger partial charge < -0.3 is 9.53 Å². The number of methoxy groups -OCH3 is 1. The Balaban J connectivity index is 2.17.